The second-order valence-corrected chi connectivity index (χ2v) is 3.00. The maximum atomic E-state index is 5.29. The molecule has 0 saturated carbocycles. The Hall–Kier alpha value is -0.980. The van der Waals surface area contributed by atoms with Crippen molar-refractivity contribution >= 4 is 0 Å². The van der Waals surface area contributed by atoms with Crippen LogP contribution in [0.5, 0.6) is 0 Å². The quantitative estimate of drug-likeness (QED) is 0.540. The van der Waals surface area contributed by atoms with Crippen LogP contribution in [0.4, 0.5) is 0 Å². The van der Waals surface area contributed by atoms with Gasteiger partial charge in [0.25, 0.3) is 0 Å². The maximum Gasteiger partial charge on any atom is 0.0642 e. The van der Waals surface area contributed by atoms with E-state index in [0.717, 1.165) is 32.7 Å². The zero-order chi connectivity index (χ0) is 8.23. The van der Waals surface area contributed by atoms with Gasteiger partial charge in [-0.3, -0.25) is 0 Å². The van der Waals surface area contributed by atoms with Crippen LogP contribution in [0.3, 0.4) is 0 Å². The van der Waals surface area contributed by atoms with Crippen LogP contribution in [0.1, 0.15) is 6.42 Å². The number of hydrogen-bond acceptors (Lipinski definition) is 2. The summed E-state index contributed by atoms with van der Waals surface area (Å²) in [5.74, 6) is 0. The molecule has 64 valence electrons. The lowest BCUT2D eigenvalue weighted by Crippen LogP contribution is -2.35. The monoisotopic (exact) mass is 163 g/mol. The van der Waals surface area contributed by atoms with Crippen molar-refractivity contribution in [3.05, 3.63) is 29.7 Å². The van der Waals surface area contributed by atoms with E-state index in [4.69, 9.17) is 4.74 Å². The van der Waals surface area contributed by atoms with Gasteiger partial charge < -0.3 is 9.64 Å². The first-order chi connectivity index (χ1) is 5.97. The van der Waals surface area contributed by atoms with Gasteiger partial charge in [-0.25, -0.2) is 0 Å². The van der Waals surface area contributed by atoms with E-state index in [1.807, 2.05) is 6.08 Å². The fourth-order valence-corrected chi connectivity index (χ4v) is 1.53. The highest BCUT2D eigenvalue weighted by atomic mass is 16.5. The molecule has 2 aliphatic rings. The lowest BCUT2D eigenvalue weighted by atomic mass is 10.2. The van der Waals surface area contributed by atoms with Crippen LogP contribution in [-0.4, -0.2) is 31.2 Å². The summed E-state index contributed by atoms with van der Waals surface area (Å²) in [4.78, 5) is 2.39. The average Bonchev–Trinajstić information content (AvgIpc) is 2.21. The fourth-order valence-electron chi connectivity index (χ4n) is 1.53. The average molecular weight is 163 g/mol. The molecule has 0 spiro atoms. The summed E-state index contributed by atoms with van der Waals surface area (Å²) >= 11 is 0. The first kappa shape index (κ1) is 7.66. The molecule has 2 heteroatoms. The predicted octanol–water partition coefficient (Wildman–Crippen LogP) is 1.32. The van der Waals surface area contributed by atoms with Crippen molar-refractivity contribution < 1.29 is 4.74 Å². The summed E-state index contributed by atoms with van der Waals surface area (Å²) in [6.45, 7) is 3.80. The molecule has 0 unspecified atom stereocenters. The summed E-state index contributed by atoms with van der Waals surface area (Å²) in [5, 5.41) is 0. The van der Waals surface area contributed by atoms with Crippen LogP contribution in [0, 0.1) is 0 Å². The zero-order valence-corrected chi connectivity index (χ0v) is 7.12. The van der Waals surface area contributed by atoms with Gasteiger partial charge in [-0.15, -0.1) is 5.73 Å². The van der Waals surface area contributed by atoms with Crippen molar-refractivity contribution in [1.29, 1.82) is 0 Å². The van der Waals surface area contributed by atoms with Crippen molar-refractivity contribution in [1.82, 2.24) is 4.90 Å². The summed E-state index contributed by atoms with van der Waals surface area (Å²) < 4.78 is 5.29. The van der Waals surface area contributed by atoms with E-state index in [2.05, 4.69) is 22.8 Å². The second kappa shape index (κ2) is 3.61. The van der Waals surface area contributed by atoms with E-state index in [1.165, 1.54) is 5.70 Å². The largest absolute Gasteiger partial charge is 0.378 e. The summed E-state index contributed by atoms with van der Waals surface area (Å²) in [5.41, 5.74) is 4.47. The van der Waals surface area contributed by atoms with Crippen molar-refractivity contribution in [2.75, 3.05) is 26.3 Å². The lowest BCUT2D eigenvalue weighted by molar-refractivity contribution is 0.0527. The molecular formula is C10H13NO. The Morgan fingerprint density at radius 1 is 1.33 bits per heavy atom. The molecule has 2 rings (SSSR count). The fraction of sp³-hybridized carbons (Fsp3) is 0.500. The number of rotatable bonds is 1. The Bertz CT molecular complexity index is 243. The van der Waals surface area contributed by atoms with Crippen LogP contribution < -0.4 is 0 Å². The topological polar surface area (TPSA) is 12.5 Å². The van der Waals surface area contributed by atoms with Gasteiger partial charge in [0, 0.05) is 25.2 Å². The highest BCUT2D eigenvalue weighted by Gasteiger charge is 2.12. The molecule has 0 radical (unpaired) electrons. The van der Waals surface area contributed by atoms with Crippen molar-refractivity contribution in [2.24, 2.45) is 0 Å². The van der Waals surface area contributed by atoms with E-state index in [9.17, 15) is 0 Å². The van der Waals surface area contributed by atoms with E-state index in [1.54, 1.807) is 0 Å². The first-order valence-electron chi connectivity index (χ1n) is 4.39. The molecule has 1 saturated heterocycles. The summed E-state index contributed by atoms with van der Waals surface area (Å²) in [6, 6.07) is 0. The number of ether oxygens (including phenoxy) is 1. The van der Waals surface area contributed by atoms with Gasteiger partial charge in [0.15, 0.2) is 0 Å². The first-order valence-corrected chi connectivity index (χ1v) is 4.39. The van der Waals surface area contributed by atoms with Gasteiger partial charge in [-0.1, -0.05) is 0 Å². The molecule has 12 heavy (non-hydrogen) atoms. The number of allylic oxidation sites excluding steroid dienone is 2. The summed E-state index contributed by atoms with van der Waals surface area (Å²) in [6.07, 6.45) is 7.22. The van der Waals surface area contributed by atoms with Crippen LogP contribution in [0.15, 0.2) is 29.7 Å². The second-order valence-electron chi connectivity index (χ2n) is 3.00. The zero-order valence-electron chi connectivity index (χ0n) is 7.12. The summed E-state index contributed by atoms with van der Waals surface area (Å²) in [7, 11) is 0. The van der Waals surface area contributed by atoms with E-state index < -0.39 is 0 Å². The predicted molar refractivity (Wildman–Crippen MR) is 47.7 cm³/mol. The Morgan fingerprint density at radius 3 is 2.83 bits per heavy atom. The number of nitrogens with zero attached hydrogens (tertiary/aromatic N) is 1. The Kier molecular flexibility index (Phi) is 2.31. The van der Waals surface area contributed by atoms with Crippen molar-refractivity contribution in [3.8, 4) is 0 Å². The minimum absolute atomic E-state index is 0.866. The molecule has 0 bridgehead atoms. The Labute approximate surface area is 72.8 Å². The van der Waals surface area contributed by atoms with Crippen LogP contribution in [-0.2, 0) is 4.74 Å². The van der Waals surface area contributed by atoms with Crippen molar-refractivity contribution in [3.63, 3.8) is 0 Å². The number of hydrogen-bond donors (Lipinski definition) is 0. The van der Waals surface area contributed by atoms with E-state index in [-0.39, 0.29) is 0 Å². The molecule has 0 aromatic rings. The lowest BCUT2D eigenvalue weighted by Gasteiger charge is -2.30. The van der Waals surface area contributed by atoms with Gasteiger partial charge in [-0.2, -0.15) is 0 Å². The van der Waals surface area contributed by atoms with E-state index in [0.29, 0.717) is 0 Å². The highest BCUT2D eigenvalue weighted by molar-refractivity contribution is 5.19. The molecule has 1 aliphatic carbocycles. The third kappa shape index (κ3) is 1.60. The molecule has 0 N–H and O–H groups in total. The molecular weight excluding hydrogens is 150 g/mol. The van der Waals surface area contributed by atoms with Gasteiger partial charge in [0.1, 0.15) is 0 Å². The molecule has 0 aromatic carbocycles. The Balaban J connectivity index is 1.99. The SMILES string of the molecule is C1=CC=C(N2CCOCC2)CC=1. The molecule has 0 aromatic heterocycles. The van der Waals surface area contributed by atoms with Gasteiger partial charge in [0.2, 0.25) is 0 Å². The Morgan fingerprint density at radius 2 is 2.17 bits per heavy atom. The number of morpholine rings is 1. The van der Waals surface area contributed by atoms with E-state index >= 15 is 0 Å². The van der Waals surface area contributed by atoms with Gasteiger partial charge >= 0.3 is 0 Å². The third-order valence-corrected chi connectivity index (χ3v) is 2.22. The minimum Gasteiger partial charge on any atom is -0.378 e. The molecule has 0 amide bonds. The van der Waals surface area contributed by atoms with Gasteiger partial charge in [-0.05, 0) is 18.2 Å². The molecule has 1 heterocycles. The molecule has 0 atom stereocenters. The standard InChI is InChI=1S/C10H13NO/c1-2-4-10(5-3-1)11-6-8-12-9-7-11/h2-4H,5-9H2. The highest BCUT2D eigenvalue weighted by Crippen LogP contribution is 2.14. The molecule has 1 fully saturated rings. The maximum absolute atomic E-state index is 5.29. The smallest absolute Gasteiger partial charge is 0.0642 e. The third-order valence-electron chi connectivity index (χ3n) is 2.22. The van der Waals surface area contributed by atoms with Crippen LogP contribution >= 0.6 is 0 Å². The minimum atomic E-state index is 0.866. The van der Waals surface area contributed by atoms with Crippen LogP contribution in [0.2, 0.25) is 0 Å². The van der Waals surface area contributed by atoms with Gasteiger partial charge in [0.05, 0.1) is 13.2 Å². The van der Waals surface area contributed by atoms with Crippen molar-refractivity contribution in [2.45, 2.75) is 6.42 Å². The molecule has 2 nitrogen and oxygen atoms in total. The normalized spacial score (nSPS) is 22.7. The van der Waals surface area contributed by atoms with Crippen LogP contribution in [0.25, 0.3) is 0 Å². The molecule has 1 aliphatic heterocycles.